The highest BCUT2D eigenvalue weighted by atomic mass is 16.3. The Hall–Kier alpha value is -0.410. The van der Waals surface area contributed by atoms with E-state index >= 15 is 0 Å². The molecule has 0 saturated heterocycles. The summed E-state index contributed by atoms with van der Waals surface area (Å²) in [5, 5.41) is 9.61. The molecule has 112 valence electrons. The molecule has 1 rings (SSSR count). The van der Waals surface area contributed by atoms with Crippen LogP contribution in [0, 0.1) is 0 Å². The van der Waals surface area contributed by atoms with Gasteiger partial charge in [0.2, 0.25) is 0 Å². The molecule has 0 bridgehead atoms. The summed E-state index contributed by atoms with van der Waals surface area (Å²) in [4.78, 5) is 6.51. The van der Waals surface area contributed by atoms with Crippen molar-refractivity contribution in [3.8, 4) is 0 Å². The quantitative estimate of drug-likeness (QED) is 0.576. The van der Waals surface area contributed by atoms with Crippen LogP contribution in [0.3, 0.4) is 0 Å². The van der Waals surface area contributed by atoms with Crippen LogP contribution in [-0.4, -0.2) is 35.2 Å². The number of aliphatic hydroxyl groups excluding tert-OH is 1. The molecule has 3 heteroatoms. The fourth-order valence-corrected chi connectivity index (χ4v) is 2.75. The van der Waals surface area contributed by atoms with E-state index in [2.05, 4.69) is 16.8 Å². The molecule has 0 aromatic carbocycles. The first-order valence-electron chi connectivity index (χ1n) is 8.21. The summed E-state index contributed by atoms with van der Waals surface area (Å²) in [6, 6.07) is 0. The molecule has 0 aliphatic carbocycles. The lowest BCUT2D eigenvalue weighted by Crippen LogP contribution is -2.37. The largest absolute Gasteiger partial charge is 0.379 e. The van der Waals surface area contributed by atoms with E-state index < -0.39 is 0 Å². The van der Waals surface area contributed by atoms with Crippen molar-refractivity contribution in [1.29, 1.82) is 0 Å². The van der Waals surface area contributed by atoms with E-state index in [1.54, 1.807) is 0 Å². The van der Waals surface area contributed by atoms with Crippen molar-refractivity contribution in [3.05, 3.63) is 0 Å². The highest BCUT2D eigenvalue weighted by molar-refractivity contribution is 5.62. The molecule has 1 aliphatic heterocycles. The maximum absolute atomic E-state index is 9.61. The summed E-state index contributed by atoms with van der Waals surface area (Å²) in [6.45, 7) is 4.90. The fraction of sp³-hybridized carbons (Fsp3) is 0.938. The van der Waals surface area contributed by atoms with Crippen LogP contribution in [0.5, 0.6) is 0 Å². The lowest BCUT2D eigenvalue weighted by Gasteiger charge is -2.25. The summed E-state index contributed by atoms with van der Waals surface area (Å²) in [7, 11) is 0. The number of aliphatic hydroxyl groups is 1. The SMILES string of the molecule is CCCCCCCCCCCC1N=CCN1C(C)O. The van der Waals surface area contributed by atoms with Gasteiger partial charge in [0, 0.05) is 12.8 Å². The molecular formula is C16H32N2O. The zero-order chi connectivity index (χ0) is 13.9. The van der Waals surface area contributed by atoms with Crippen LogP contribution in [0.2, 0.25) is 0 Å². The highest BCUT2D eigenvalue weighted by Gasteiger charge is 2.23. The smallest absolute Gasteiger partial charge is 0.106 e. The highest BCUT2D eigenvalue weighted by Crippen LogP contribution is 2.17. The first kappa shape index (κ1) is 16.6. The molecular weight excluding hydrogens is 236 g/mol. The number of aliphatic imine (C=N–C) groups is 1. The van der Waals surface area contributed by atoms with Gasteiger partial charge in [-0.3, -0.25) is 9.89 Å². The third-order valence-electron chi connectivity index (χ3n) is 4.00. The van der Waals surface area contributed by atoms with E-state index in [9.17, 15) is 5.11 Å². The monoisotopic (exact) mass is 268 g/mol. The van der Waals surface area contributed by atoms with E-state index in [1.165, 1.54) is 57.8 Å². The van der Waals surface area contributed by atoms with Crippen LogP contribution in [-0.2, 0) is 0 Å². The third kappa shape index (κ3) is 7.07. The topological polar surface area (TPSA) is 35.8 Å². The van der Waals surface area contributed by atoms with Crippen molar-refractivity contribution >= 4 is 6.21 Å². The van der Waals surface area contributed by atoms with Crippen molar-refractivity contribution in [2.75, 3.05) is 6.54 Å². The standard InChI is InChI=1S/C16H32N2O/c1-3-4-5-6-7-8-9-10-11-12-16-17-13-14-18(16)15(2)19/h13,15-16,19H,3-12,14H2,1-2H3. The van der Waals surface area contributed by atoms with Crippen molar-refractivity contribution < 1.29 is 5.11 Å². The summed E-state index contributed by atoms with van der Waals surface area (Å²) in [6.07, 6.45) is 15.1. The van der Waals surface area contributed by atoms with E-state index in [0.717, 1.165) is 13.0 Å². The van der Waals surface area contributed by atoms with Gasteiger partial charge in [0.15, 0.2) is 0 Å². The molecule has 2 atom stereocenters. The second-order valence-electron chi connectivity index (χ2n) is 5.76. The number of hydrogen-bond acceptors (Lipinski definition) is 3. The van der Waals surface area contributed by atoms with Gasteiger partial charge < -0.3 is 5.11 Å². The Kier molecular flexibility index (Phi) is 9.10. The number of unbranched alkanes of at least 4 members (excludes halogenated alkanes) is 8. The fourth-order valence-electron chi connectivity index (χ4n) is 2.75. The molecule has 0 amide bonds. The molecule has 0 aromatic heterocycles. The van der Waals surface area contributed by atoms with E-state index in [4.69, 9.17) is 0 Å². The molecule has 0 saturated carbocycles. The van der Waals surface area contributed by atoms with Gasteiger partial charge in [0.1, 0.15) is 12.4 Å². The van der Waals surface area contributed by atoms with Gasteiger partial charge in [-0.1, -0.05) is 58.3 Å². The van der Waals surface area contributed by atoms with Crippen molar-refractivity contribution in [1.82, 2.24) is 4.90 Å². The molecule has 1 N–H and O–H groups in total. The summed E-state index contributed by atoms with van der Waals surface area (Å²) >= 11 is 0. The number of hydrogen-bond donors (Lipinski definition) is 1. The van der Waals surface area contributed by atoms with Crippen LogP contribution in [0.15, 0.2) is 4.99 Å². The molecule has 1 aliphatic rings. The molecule has 0 spiro atoms. The summed E-state index contributed by atoms with van der Waals surface area (Å²) < 4.78 is 0. The Balaban J connectivity index is 1.92. The van der Waals surface area contributed by atoms with Gasteiger partial charge in [-0.15, -0.1) is 0 Å². The Morgan fingerprint density at radius 1 is 1.11 bits per heavy atom. The molecule has 19 heavy (non-hydrogen) atoms. The second-order valence-corrected chi connectivity index (χ2v) is 5.76. The lowest BCUT2D eigenvalue weighted by atomic mass is 10.1. The average Bonchev–Trinajstić information content (AvgIpc) is 2.85. The minimum absolute atomic E-state index is 0.226. The van der Waals surface area contributed by atoms with Crippen molar-refractivity contribution in [3.63, 3.8) is 0 Å². The second kappa shape index (κ2) is 10.4. The predicted molar refractivity (Wildman–Crippen MR) is 82.5 cm³/mol. The lowest BCUT2D eigenvalue weighted by molar-refractivity contribution is 0.00710. The number of rotatable bonds is 11. The third-order valence-corrected chi connectivity index (χ3v) is 4.00. The molecule has 0 fully saturated rings. The van der Waals surface area contributed by atoms with Crippen molar-refractivity contribution in [2.24, 2.45) is 4.99 Å². The Morgan fingerprint density at radius 2 is 1.68 bits per heavy atom. The Bertz CT molecular complexity index is 241. The van der Waals surface area contributed by atoms with Crippen LogP contribution < -0.4 is 0 Å². The Morgan fingerprint density at radius 3 is 2.26 bits per heavy atom. The minimum Gasteiger partial charge on any atom is -0.379 e. The summed E-state index contributed by atoms with van der Waals surface area (Å²) in [5.41, 5.74) is 0. The predicted octanol–water partition coefficient (Wildman–Crippen LogP) is 3.96. The van der Waals surface area contributed by atoms with Crippen LogP contribution in [0.4, 0.5) is 0 Å². The Labute approximate surface area is 119 Å². The van der Waals surface area contributed by atoms with E-state index in [-0.39, 0.29) is 12.4 Å². The van der Waals surface area contributed by atoms with Crippen LogP contribution in [0.25, 0.3) is 0 Å². The van der Waals surface area contributed by atoms with Gasteiger partial charge in [-0.05, 0) is 19.8 Å². The average molecular weight is 268 g/mol. The molecule has 1 heterocycles. The summed E-state index contributed by atoms with van der Waals surface area (Å²) in [5.74, 6) is 0. The van der Waals surface area contributed by atoms with Gasteiger partial charge in [0.25, 0.3) is 0 Å². The van der Waals surface area contributed by atoms with Crippen LogP contribution in [0.1, 0.15) is 78.1 Å². The first-order chi connectivity index (χ1) is 9.25. The van der Waals surface area contributed by atoms with Crippen molar-refractivity contribution in [2.45, 2.75) is 90.4 Å². The van der Waals surface area contributed by atoms with Crippen LogP contribution >= 0.6 is 0 Å². The number of nitrogens with zero attached hydrogens (tertiary/aromatic N) is 2. The van der Waals surface area contributed by atoms with E-state index in [1.807, 2.05) is 13.1 Å². The van der Waals surface area contributed by atoms with E-state index in [0.29, 0.717) is 0 Å². The maximum atomic E-state index is 9.61. The zero-order valence-corrected chi connectivity index (χ0v) is 12.9. The van der Waals surface area contributed by atoms with Gasteiger partial charge in [0.05, 0.1) is 0 Å². The minimum atomic E-state index is -0.369. The first-order valence-corrected chi connectivity index (χ1v) is 8.21. The van der Waals surface area contributed by atoms with Gasteiger partial charge in [-0.2, -0.15) is 0 Å². The van der Waals surface area contributed by atoms with Gasteiger partial charge >= 0.3 is 0 Å². The normalized spacial score (nSPS) is 21.1. The zero-order valence-electron chi connectivity index (χ0n) is 12.9. The molecule has 2 unspecified atom stereocenters. The molecule has 3 nitrogen and oxygen atoms in total. The maximum Gasteiger partial charge on any atom is 0.106 e. The molecule has 0 radical (unpaired) electrons. The molecule has 0 aromatic rings. The van der Waals surface area contributed by atoms with Gasteiger partial charge in [-0.25, -0.2) is 0 Å².